The van der Waals surface area contributed by atoms with Crippen LogP contribution in [0, 0.1) is 0 Å². The van der Waals surface area contributed by atoms with Crippen molar-refractivity contribution in [3.63, 3.8) is 0 Å². The Balaban J connectivity index is 2.40. The standard InChI is InChI=1S/C17H18F3N3O5S/c1-4-28-12-7-5-10(9-13(12)29(26,27)23(2)3)21-15(24)11-6-8-14(17(18,19)20)22-16(11)25/h5-9H,4H2,1-3H3,(H,21,24)(H,22,25). The minimum atomic E-state index is -4.77. The van der Waals surface area contributed by atoms with Crippen LogP contribution in [0.2, 0.25) is 0 Å². The number of ether oxygens (including phenoxy) is 1. The molecule has 2 rings (SSSR count). The van der Waals surface area contributed by atoms with E-state index < -0.39 is 38.9 Å². The van der Waals surface area contributed by atoms with Crippen LogP contribution >= 0.6 is 0 Å². The van der Waals surface area contributed by atoms with Gasteiger partial charge in [0.2, 0.25) is 10.0 Å². The van der Waals surface area contributed by atoms with Gasteiger partial charge in [0, 0.05) is 19.8 Å². The van der Waals surface area contributed by atoms with Crippen LogP contribution in [0.3, 0.4) is 0 Å². The van der Waals surface area contributed by atoms with E-state index in [0.717, 1.165) is 16.4 Å². The third-order valence-corrected chi connectivity index (χ3v) is 5.56. The summed E-state index contributed by atoms with van der Waals surface area (Å²) < 4.78 is 69.1. The monoisotopic (exact) mass is 433 g/mol. The van der Waals surface area contributed by atoms with E-state index in [1.165, 1.54) is 26.2 Å². The van der Waals surface area contributed by atoms with Gasteiger partial charge in [0.05, 0.1) is 6.61 Å². The van der Waals surface area contributed by atoms with Gasteiger partial charge in [-0.3, -0.25) is 9.59 Å². The first kappa shape index (κ1) is 22.4. The number of anilines is 1. The van der Waals surface area contributed by atoms with Gasteiger partial charge >= 0.3 is 6.18 Å². The Morgan fingerprint density at radius 3 is 2.38 bits per heavy atom. The quantitative estimate of drug-likeness (QED) is 0.727. The molecule has 0 fully saturated rings. The van der Waals surface area contributed by atoms with Crippen LogP contribution in [-0.4, -0.2) is 44.3 Å². The van der Waals surface area contributed by atoms with Crippen molar-refractivity contribution < 1.29 is 31.1 Å². The first-order valence-electron chi connectivity index (χ1n) is 8.19. The number of nitrogens with zero attached hydrogens (tertiary/aromatic N) is 1. The molecule has 0 saturated carbocycles. The third kappa shape index (κ3) is 4.95. The van der Waals surface area contributed by atoms with Crippen molar-refractivity contribution in [2.24, 2.45) is 0 Å². The van der Waals surface area contributed by atoms with E-state index in [4.69, 9.17) is 4.74 Å². The van der Waals surface area contributed by atoms with Gasteiger partial charge in [0.25, 0.3) is 11.5 Å². The third-order valence-electron chi connectivity index (χ3n) is 3.72. The highest BCUT2D eigenvalue weighted by Crippen LogP contribution is 2.29. The Labute approximate surface area is 164 Å². The average Bonchev–Trinajstić information content (AvgIpc) is 2.62. The molecule has 0 unspecified atom stereocenters. The Hall–Kier alpha value is -2.86. The molecule has 8 nitrogen and oxygen atoms in total. The molecule has 0 aliphatic heterocycles. The fourth-order valence-electron chi connectivity index (χ4n) is 2.28. The molecule has 1 amide bonds. The zero-order valence-electron chi connectivity index (χ0n) is 15.6. The van der Waals surface area contributed by atoms with E-state index in [2.05, 4.69) is 5.32 Å². The molecule has 1 aromatic heterocycles. The highest BCUT2D eigenvalue weighted by atomic mass is 32.2. The van der Waals surface area contributed by atoms with Crippen molar-refractivity contribution in [1.29, 1.82) is 0 Å². The van der Waals surface area contributed by atoms with Gasteiger partial charge in [0.15, 0.2) is 0 Å². The van der Waals surface area contributed by atoms with Crippen molar-refractivity contribution in [3.05, 3.63) is 51.9 Å². The SMILES string of the molecule is CCOc1ccc(NC(=O)c2ccc(C(F)(F)F)[nH]c2=O)cc1S(=O)(=O)N(C)C. The van der Waals surface area contributed by atoms with Gasteiger partial charge in [-0.15, -0.1) is 0 Å². The number of sulfonamides is 1. The topological polar surface area (TPSA) is 109 Å². The van der Waals surface area contributed by atoms with Gasteiger partial charge < -0.3 is 15.0 Å². The second-order valence-corrected chi connectivity index (χ2v) is 8.07. The normalized spacial score (nSPS) is 12.1. The van der Waals surface area contributed by atoms with Crippen molar-refractivity contribution in [2.75, 3.05) is 26.0 Å². The molecule has 29 heavy (non-hydrogen) atoms. The molecule has 0 spiro atoms. The van der Waals surface area contributed by atoms with E-state index >= 15 is 0 Å². The van der Waals surface area contributed by atoms with E-state index in [0.29, 0.717) is 6.07 Å². The summed E-state index contributed by atoms with van der Waals surface area (Å²) in [5.41, 5.74) is -3.08. The molecule has 0 saturated heterocycles. The number of benzene rings is 1. The second kappa shape index (κ2) is 8.25. The lowest BCUT2D eigenvalue weighted by Gasteiger charge is -2.16. The maximum Gasteiger partial charge on any atom is 0.431 e. The Bertz CT molecular complexity index is 1080. The van der Waals surface area contributed by atoms with Crippen molar-refractivity contribution in [2.45, 2.75) is 18.0 Å². The van der Waals surface area contributed by atoms with Gasteiger partial charge in [-0.05, 0) is 37.3 Å². The Morgan fingerprint density at radius 1 is 1.21 bits per heavy atom. The minimum Gasteiger partial charge on any atom is -0.492 e. The zero-order valence-corrected chi connectivity index (χ0v) is 16.4. The first-order valence-corrected chi connectivity index (χ1v) is 9.63. The maximum atomic E-state index is 12.6. The number of pyridine rings is 1. The molecule has 12 heteroatoms. The summed E-state index contributed by atoms with van der Waals surface area (Å²) in [7, 11) is -1.28. The molecule has 158 valence electrons. The Morgan fingerprint density at radius 2 is 1.86 bits per heavy atom. The molecule has 0 bridgehead atoms. The predicted molar refractivity (Wildman–Crippen MR) is 98.5 cm³/mol. The summed E-state index contributed by atoms with van der Waals surface area (Å²) in [6.07, 6.45) is -4.77. The lowest BCUT2D eigenvalue weighted by atomic mass is 10.2. The number of carbonyl (C=O) groups excluding carboxylic acids is 1. The Kier molecular flexibility index (Phi) is 6.38. The zero-order chi connectivity index (χ0) is 22.0. The van der Waals surface area contributed by atoms with Crippen molar-refractivity contribution in [3.8, 4) is 5.75 Å². The van der Waals surface area contributed by atoms with Crippen LogP contribution in [0.4, 0.5) is 18.9 Å². The van der Waals surface area contributed by atoms with E-state index in [-0.39, 0.29) is 22.9 Å². The van der Waals surface area contributed by atoms with Crippen LogP contribution < -0.4 is 15.6 Å². The number of hydrogen-bond donors (Lipinski definition) is 2. The number of rotatable bonds is 6. The van der Waals surface area contributed by atoms with Crippen molar-refractivity contribution >= 4 is 21.6 Å². The molecule has 0 aliphatic carbocycles. The van der Waals surface area contributed by atoms with Crippen LogP contribution in [-0.2, 0) is 16.2 Å². The molecular formula is C17H18F3N3O5S. The van der Waals surface area contributed by atoms with Crippen LogP contribution in [0.25, 0.3) is 0 Å². The van der Waals surface area contributed by atoms with E-state index in [1.54, 1.807) is 11.9 Å². The highest BCUT2D eigenvalue weighted by molar-refractivity contribution is 7.89. The van der Waals surface area contributed by atoms with Gasteiger partial charge in [-0.1, -0.05) is 0 Å². The minimum absolute atomic E-state index is 0.0122. The predicted octanol–water partition coefficient (Wildman–Crippen LogP) is 2.29. The maximum absolute atomic E-state index is 12.6. The fourth-order valence-corrected chi connectivity index (χ4v) is 3.33. The first-order chi connectivity index (χ1) is 13.4. The molecule has 0 radical (unpaired) electrons. The number of aromatic nitrogens is 1. The highest BCUT2D eigenvalue weighted by Gasteiger charge is 2.32. The van der Waals surface area contributed by atoms with Gasteiger partial charge in [0.1, 0.15) is 21.9 Å². The number of carbonyl (C=O) groups is 1. The fraction of sp³-hybridized carbons (Fsp3) is 0.294. The summed E-state index contributed by atoms with van der Waals surface area (Å²) in [5, 5.41) is 2.30. The lowest BCUT2D eigenvalue weighted by Crippen LogP contribution is -2.26. The number of nitrogens with one attached hydrogen (secondary N) is 2. The van der Waals surface area contributed by atoms with Crippen LogP contribution in [0.1, 0.15) is 23.0 Å². The number of hydrogen-bond acceptors (Lipinski definition) is 5. The van der Waals surface area contributed by atoms with E-state index in [1.807, 2.05) is 0 Å². The average molecular weight is 433 g/mol. The largest absolute Gasteiger partial charge is 0.492 e. The molecular weight excluding hydrogens is 415 g/mol. The smallest absolute Gasteiger partial charge is 0.431 e. The number of amides is 1. The van der Waals surface area contributed by atoms with Crippen molar-refractivity contribution in [1.82, 2.24) is 9.29 Å². The summed E-state index contributed by atoms with van der Waals surface area (Å²) in [4.78, 5) is 25.5. The molecule has 1 aromatic carbocycles. The number of halogens is 3. The summed E-state index contributed by atoms with van der Waals surface area (Å²) >= 11 is 0. The molecule has 2 aromatic rings. The molecule has 1 heterocycles. The second-order valence-electron chi connectivity index (χ2n) is 5.95. The summed E-state index contributed by atoms with van der Waals surface area (Å²) in [5.74, 6) is -0.941. The van der Waals surface area contributed by atoms with Gasteiger partial charge in [-0.2, -0.15) is 13.2 Å². The van der Waals surface area contributed by atoms with Gasteiger partial charge in [-0.25, -0.2) is 12.7 Å². The molecule has 2 N–H and O–H groups in total. The number of alkyl halides is 3. The molecule has 0 atom stereocenters. The summed E-state index contributed by atoms with van der Waals surface area (Å²) in [6, 6.07) is 5.11. The summed E-state index contributed by atoms with van der Waals surface area (Å²) in [6.45, 7) is 1.86. The number of aromatic amines is 1. The number of H-pyrrole nitrogens is 1. The van der Waals surface area contributed by atoms with Crippen LogP contribution in [0.15, 0.2) is 40.0 Å². The lowest BCUT2D eigenvalue weighted by molar-refractivity contribution is -0.141. The van der Waals surface area contributed by atoms with E-state index in [9.17, 15) is 31.2 Å². The molecule has 0 aliphatic rings. The van der Waals surface area contributed by atoms with Crippen LogP contribution in [0.5, 0.6) is 5.75 Å².